The highest BCUT2D eigenvalue weighted by molar-refractivity contribution is 6.45. The second-order valence-corrected chi connectivity index (χ2v) is 6.51. The van der Waals surface area contributed by atoms with Crippen molar-refractivity contribution in [3.05, 3.63) is 51.6 Å². The van der Waals surface area contributed by atoms with Crippen molar-refractivity contribution >= 4 is 34.1 Å². The third kappa shape index (κ3) is 3.23. The third-order valence-electron chi connectivity index (χ3n) is 4.02. The number of rotatable bonds is 5. The molecule has 120 valence electrons. The molecule has 0 amide bonds. The van der Waals surface area contributed by atoms with Crippen LogP contribution in [0.4, 0.5) is 0 Å². The highest BCUT2D eigenvalue weighted by Crippen LogP contribution is 2.37. The van der Waals surface area contributed by atoms with Gasteiger partial charge in [-0.3, -0.25) is 4.98 Å². The summed E-state index contributed by atoms with van der Waals surface area (Å²) >= 11 is 12.5. The minimum atomic E-state index is 0.553. The Kier molecular flexibility index (Phi) is 4.90. The molecule has 0 aliphatic rings. The summed E-state index contributed by atoms with van der Waals surface area (Å²) in [6.07, 6.45) is 4.83. The van der Waals surface area contributed by atoms with Crippen LogP contribution in [0, 0.1) is 6.92 Å². The summed E-state index contributed by atoms with van der Waals surface area (Å²) < 4.78 is 0. The number of nitrogens with one attached hydrogen (secondary N) is 1. The number of halogens is 2. The predicted molar refractivity (Wildman–Crippen MR) is 98.3 cm³/mol. The number of hydrogen-bond acceptors (Lipinski definition) is 2. The van der Waals surface area contributed by atoms with Gasteiger partial charge in [-0.15, -0.1) is 0 Å². The number of aryl methyl sites for hydroxylation is 2. The highest BCUT2D eigenvalue weighted by Gasteiger charge is 2.17. The fourth-order valence-electron chi connectivity index (χ4n) is 2.80. The minimum absolute atomic E-state index is 0.553. The van der Waals surface area contributed by atoms with Gasteiger partial charge in [-0.2, -0.15) is 0 Å². The molecular formula is C18H19Cl2N3. The monoisotopic (exact) mass is 347 g/mol. The number of aromatic amines is 1. The van der Waals surface area contributed by atoms with E-state index in [9.17, 15) is 0 Å². The summed E-state index contributed by atoms with van der Waals surface area (Å²) in [5, 5.41) is 2.22. The number of H-pyrrole nitrogens is 1. The van der Waals surface area contributed by atoms with Crippen LogP contribution < -0.4 is 5.73 Å². The SMILES string of the molecule is Cc1ccc(-c2[nH]c3c(Cl)c(Cl)ccc3c2CCCCN)nc1. The molecule has 2 aromatic heterocycles. The topological polar surface area (TPSA) is 54.7 Å². The van der Waals surface area contributed by atoms with E-state index in [0.717, 1.165) is 47.1 Å². The van der Waals surface area contributed by atoms with Crippen molar-refractivity contribution in [1.82, 2.24) is 9.97 Å². The van der Waals surface area contributed by atoms with Gasteiger partial charge in [0.1, 0.15) is 0 Å². The number of aromatic nitrogens is 2. The van der Waals surface area contributed by atoms with E-state index in [1.54, 1.807) is 0 Å². The standard InChI is InChI=1S/C18H19Cl2N3/c1-11-5-8-15(22-10-11)17-12(4-2-3-9-21)13-6-7-14(19)16(20)18(13)23-17/h5-8,10,23H,2-4,9,21H2,1H3. The largest absolute Gasteiger partial charge is 0.352 e. The molecule has 23 heavy (non-hydrogen) atoms. The van der Waals surface area contributed by atoms with Gasteiger partial charge in [-0.25, -0.2) is 0 Å². The lowest BCUT2D eigenvalue weighted by Crippen LogP contribution is -1.99. The Morgan fingerprint density at radius 3 is 2.65 bits per heavy atom. The smallest absolute Gasteiger partial charge is 0.0867 e. The summed E-state index contributed by atoms with van der Waals surface area (Å²) in [5.41, 5.74) is 10.8. The van der Waals surface area contributed by atoms with Crippen molar-refractivity contribution in [3.8, 4) is 11.4 Å². The van der Waals surface area contributed by atoms with E-state index in [4.69, 9.17) is 28.9 Å². The molecule has 0 aliphatic heterocycles. The number of nitrogens with zero attached hydrogens (tertiary/aromatic N) is 1. The second kappa shape index (κ2) is 6.91. The van der Waals surface area contributed by atoms with Crippen molar-refractivity contribution in [1.29, 1.82) is 0 Å². The maximum Gasteiger partial charge on any atom is 0.0867 e. The van der Waals surface area contributed by atoms with E-state index in [0.29, 0.717) is 16.6 Å². The summed E-state index contributed by atoms with van der Waals surface area (Å²) in [4.78, 5) is 7.98. The third-order valence-corrected chi connectivity index (χ3v) is 4.82. The number of pyridine rings is 1. The summed E-state index contributed by atoms with van der Waals surface area (Å²) in [6, 6.07) is 7.96. The second-order valence-electron chi connectivity index (χ2n) is 5.73. The molecular weight excluding hydrogens is 329 g/mol. The van der Waals surface area contributed by atoms with Gasteiger partial charge in [0.2, 0.25) is 0 Å². The van der Waals surface area contributed by atoms with Crippen molar-refractivity contribution < 1.29 is 0 Å². The maximum atomic E-state index is 6.38. The zero-order valence-corrected chi connectivity index (χ0v) is 14.5. The van der Waals surface area contributed by atoms with Crippen molar-refractivity contribution in [2.24, 2.45) is 5.73 Å². The average Bonchev–Trinajstić information content (AvgIpc) is 2.91. The van der Waals surface area contributed by atoms with Gasteiger partial charge in [-0.05, 0) is 56.0 Å². The molecule has 0 spiro atoms. The molecule has 1 aromatic carbocycles. The van der Waals surface area contributed by atoms with E-state index in [2.05, 4.69) is 16.0 Å². The molecule has 3 nitrogen and oxygen atoms in total. The number of hydrogen-bond donors (Lipinski definition) is 2. The molecule has 0 aliphatic carbocycles. The van der Waals surface area contributed by atoms with Gasteiger partial charge in [-0.1, -0.05) is 35.3 Å². The first kappa shape index (κ1) is 16.3. The van der Waals surface area contributed by atoms with Crippen molar-refractivity contribution in [3.63, 3.8) is 0 Å². The molecule has 0 saturated carbocycles. The van der Waals surface area contributed by atoms with E-state index in [-0.39, 0.29) is 0 Å². The Balaban J connectivity index is 2.16. The number of unbranched alkanes of at least 4 members (excludes halogenated alkanes) is 1. The highest BCUT2D eigenvalue weighted by atomic mass is 35.5. The molecule has 0 bridgehead atoms. The molecule has 0 fully saturated rings. The number of nitrogens with two attached hydrogens (primary N) is 1. The van der Waals surface area contributed by atoms with E-state index in [1.807, 2.05) is 31.3 Å². The van der Waals surface area contributed by atoms with Crippen molar-refractivity contribution in [2.75, 3.05) is 6.54 Å². The van der Waals surface area contributed by atoms with Crippen LogP contribution >= 0.6 is 23.2 Å². The molecule has 0 atom stereocenters. The van der Waals surface area contributed by atoms with Gasteiger partial charge in [0.05, 0.1) is 26.9 Å². The molecule has 0 radical (unpaired) electrons. The molecule has 5 heteroatoms. The van der Waals surface area contributed by atoms with Crippen LogP contribution in [0.25, 0.3) is 22.3 Å². The molecule has 3 aromatic rings. The molecule has 3 N–H and O–H groups in total. The molecule has 2 heterocycles. The fraction of sp³-hybridized carbons (Fsp3) is 0.278. The lowest BCUT2D eigenvalue weighted by atomic mass is 10.0. The molecule has 0 unspecified atom stereocenters. The van der Waals surface area contributed by atoms with E-state index in [1.165, 1.54) is 5.56 Å². The fourth-order valence-corrected chi connectivity index (χ4v) is 3.17. The van der Waals surface area contributed by atoms with E-state index < -0.39 is 0 Å². The van der Waals surface area contributed by atoms with Gasteiger partial charge in [0.15, 0.2) is 0 Å². The molecule has 3 rings (SSSR count). The normalized spacial score (nSPS) is 11.3. The first-order chi connectivity index (χ1) is 11.1. The first-order valence-corrected chi connectivity index (χ1v) is 8.49. The predicted octanol–water partition coefficient (Wildman–Crippen LogP) is 5.13. The Morgan fingerprint density at radius 2 is 1.96 bits per heavy atom. The average molecular weight is 348 g/mol. The number of benzene rings is 1. The Hall–Kier alpha value is -1.55. The zero-order chi connectivity index (χ0) is 16.4. The van der Waals surface area contributed by atoms with Gasteiger partial charge < -0.3 is 10.7 Å². The summed E-state index contributed by atoms with van der Waals surface area (Å²) in [7, 11) is 0. The van der Waals surface area contributed by atoms with Crippen LogP contribution in [0.15, 0.2) is 30.5 Å². The van der Waals surface area contributed by atoms with Gasteiger partial charge in [0, 0.05) is 11.6 Å². The van der Waals surface area contributed by atoms with Crippen LogP contribution in [0.5, 0.6) is 0 Å². The Labute approximate surface area is 145 Å². The quantitative estimate of drug-likeness (QED) is 0.628. The van der Waals surface area contributed by atoms with Crippen LogP contribution in [0.1, 0.15) is 24.0 Å². The summed E-state index contributed by atoms with van der Waals surface area (Å²) in [5.74, 6) is 0. The summed E-state index contributed by atoms with van der Waals surface area (Å²) in [6.45, 7) is 2.73. The van der Waals surface area contributed by atoms with Crippen LogP contribution in [0.3, 0.4) is 0 Å². The van der Waals surface area contributed by atoms with Crippen LogP contribution in [-0.4, -0.2) is 16.5 Å². The Bertz CT molecular complexity index is 822. The maximum absolute atomic E-state index is 6.38. The van der Waals surface area contributed by atoms with Crippen molar-refractivity contribution in [2.45, 2.75) is 26.2 Å². The van der Waals surface area contributed by atoms with Crippen LogP contribution in [-0.2, 0) is 6.42 Å². The van der Waals surface area contributed by atoms with Crippen LogP contribution in [0.2, 0.25) is 10.0 Å². The lowest BCUT2D eigenvalue weighted by Gasteiger charge is -2.05. The Morgan fingerprint density at radius 1 is 1.13 bits per heavy atom. The zero-order valence-electron chi connectivity index (χ0n) is 13.0. The van der Waals surface area contributed by atoms with Gasteiger partial charge >= 0.3 is 0 Å². The number of fused-ring (bicyclic) bond motifs is 1. The first-order valence-electron chi connectivity index (χ1n) is 7.73. The van der Waals surface area contributed by atoms with E-state index >= 15 is 0 Å². The minimum Gasteiger partial charge on any atom is -0.352 e. The molecule has 0 saturated heterocycles. The lowest BCUT2D eigenvalue weighted by molar-refractivity contribution is 0.748. The van der Waals surface area contributed by atoms with Gasteiger partial charge in [0.25, 0.3) is 0 Å².